The Bertz CT molecular complexity index is 2130. The van der Waals surface area contributed by atoms with Crippen LogP contribution in [0.2, 0.25) is 0 Å². The molecule has 2 nitrogen and oxygen atoms in total. The minimum atomic E-state index is 1.07. The molecular weight excluding hydrogens is 508 g/mol. The lowest BCUT2D eigenvalue weighted by Gasteiger charge is -2.11. The quantitative estimate of drug-likeness (QED) is 0.231. The predicted octanol–water partition coefficient (Wildman–Crippen LogP) is 11.0. The topological polar surface area (TPSA) is 17.0 Å². The smallest absolute Gasteiger partial charge is 0.0541 e. The molecule has 0 aliphatic carbocycles. The zero-order chi connectivity index (χ0) is 27.9. The van der Waals surface area contributed by atoms with Crippen LogP contribution in [0, 0.1) is 0 Å². The number of hydrogen-bond donors (Lipinski definition) is 1. The van der Waals surface area contributed by atoms with Crippen molar-refractivity contribution < 1.29 is 0 Å². The van der Waals surface area contributed by atoms with Crippen molar-refractivity contribution in [3.63, 3.8) is 0 Å². The van der Waals surface area contributed by atoms with Crippen molar-refractivity contribution in [2.24, 2.45) is 0 Å². The highest BCUT2D eigenvalue weighted by atomic mass is 15.0. The number of anilines is 2. The van der Waals surface area contributed by atoms with Gasteiger partial charge in [0.25, 0.3) is 0 Å². The van der Waals surface area contributed by atoms with Crippen LogP contribution in [0.5, 0.6) is 0 Å². The monoisotopic (exact) mass is 536 g/mol. The van der Waals surface area contributed by atoms with E-state index < -0.39 is 0 Å². The van der Waals surface area contributed by atoms with Crippen molar-refractivity contribution in [2.75, 3.05) is 5.32 Å². The first-order valence-electron chi connectivity index (χ1n) is 14.4. The van der Waals surface area contributed by atoms with Gasteiger partial charge in [0.2, 0.25) is 0 Å². The SMILES string of the molecule is c1ccc2c(-c3ccc(Nc4ccc(-c5ccc(-n6c7ccccc7c7ccccc76)cc5)cc4)cc3)cccc2c1. The second-order valence-corrected chi connectivity index (χ2v) is 10.7. The fourth-order valence-corrected chi connectivity index (χ4v) is 6.13. The van der Waals surface area contributed by atoms with Gasteiger partial charge in [-0.2, -0.15) is 0 Å². The fraction of sp³-hybridized carbons (Fsp3) is 0. The van der Waals surface area contributed by atoms with E-state index in [1.807, 2.05) is 0 Å². The fourth-order valence-electron chi connectivity index (χ4n) is 6.13. The second kappa shape index (κ2) is 10.1. The van der Waals surface area contributed by atoms with Crippen molar-refractivity contribution in [1.82, 2.24) is 4.57 Å². The van der Waals surface area contributed by atoms with Gasteiger partial charge in [0.1, 0.15) is 0 Å². The van der Waals surface area contributed by atoms with Crippen LogP contribution in [0.25, 0.3) is 60.5 Å². The van der Waals surface area contributed by atoms with Crippen LogP contribution in [0.4, 0.5) is 11.4 Å². The van der Waals surface area contributed by atoms with Gasteiger partial charge in [-0.15, -0.1) is 0 Å². The van der Waals surface area contributed by atoms with E-state index in [0.29, 0.717) is 0 Å². The zero-order valence-corrected chi connectivity index (χ0v) is 23.0. The third-order valence-corrected chi connectivity index (χ3v) is 8.20. The molecule has 0 atom stereocenters. The molecule has 0 fully saturated rings. The molecule has 0 aliphatic heterocycles. The van der Waals surface area contributed by atoms with Crippen molar-refractivity contribution in [2.45, 2.75) is 0 Å². The summed E-state index contributed by atoms with van der Waals surface area (Å²) < 4.78 is 2.35. The first-order valence-corrected chi connectivity index (χ1v) is 14.4. The summed E-state index contributed by atoms with van der Waals surface area (Å²) in [5, 5.41) is 8.66. The van der Waals surface area contributed by atoms with Gasteiger partial charge in [0.15, 0.2) is 0 Å². The molecule has 0 unspecified atom stereocenters. The predicted molar refractivity (Wildman–Crippen MR) is 179 cm³/mol. The maximum absolute atomic E-state index is 3.56. The lowest BCUT2D eigenvalue weighted by atomic mass is 9.98. The minimum Gasteiger partial charge on any atom is -0.356 e. The van der Waals surface area contributed by atoms with Gasteiger partial charge in [0, 0.05) is 27.8 Å². The number of nitrogens with zero attached hydrogens (tertiary/aromatic N) is 1. The Balaban J connectivity index is 1.02. The molecule has 1 aromatic heterocycles. The number of aromatic nitrogens is 1. The van der Waals surface area contributed by atoms with Crippen molar-refractivity contribution in [3.05, 3.63) is 164 Å². The summed E-state index contributed by atoms with van der Waals surface area (Å²) in [6.45, 7) is 0. The highest BCUT2D eigenvalue weighted by Gasteiger charge is 2.11. The maximum atomic E-state index is 3.56. The summed E-state index contributed by atoms with van der Waals surface area (Å²) in [5.74, 6) is 0. The molecule has 198 valence electrons. The van der Waals surface area contributed by atoms with Crippen molar-refractivity contribution in [1.29, 1.82) is 0 Å². The van der Waals surface area contributed by atoms with Crippen molar-refractivity contribution >= 4 is 44.0 Å². The van der Waals surface area contributed by atoms with E-state index in [1.54, 1.807) is 0 Å². The number of fused-ring (bicyclic) bond motifs is 4. The molecule has 1 N–H and O–H groups in total. The number of hydrogen-bond acceptors (Lipinski definition) is 1. The summed E-state index contributed by atoms with van der Waals surface area (Å²) in [6.07, 6.45) is 0. The summed E-state index contributed by atoms with van der Waals surface area (Å²) in [7, 11) is 0. The molecule has 8 aromatic rings. The standard InChI is InChI=1S/C40H28N2/c1-2-10-35-30(8-1)9-7-13-36(35)31-18-24-33(25-19-31)41-32-22-16-28(17-23-32)29-20-26-34(27-21-29)42-39-14-5-3-11-37(39)38-12-4-6-15-40(38)42/h1-27,41H. The third kappa shape index (κ3) is 4.22. The van der Waals surface area contributed by atoms with Crippen LogP contribution in [0.15, 0.2) is 164 Å². The Hall–Kier alpha value is -5.60. The van der Waals surface area contributed by atoms with Gasteiger partial charge in [-0.3, -0.25) is 0 Å². The Morgan fingerprint density at radius 3 is 1.45 bits per heavy atom. The summed E-state index contributed by atoms with van der Waals surface area (Å²) in [6, 6.07) is 58.5. The molecule has 7 aromatic carbocycles. The third-order valence-electron chi connectivity index (χ3n) is 8.20. The molecule has 8 rings (SSSR count). The van der Waals surface area contributed by atoms with Crippen LogP contribution < -0.4 is 5.32 Å². The first-order chi connectivity index (χ1) is 20.8. The van der Waals surface area contributed by atoms with Gasteiger partial charge < -0.3 is 9.88 Å². The van der Waals surface area contributed by atoms with Gasteiger partial charge >= 0.3 is 0 Å². The number of rotatable bonds is 5. The van der Waals surface area contributed by atoms with E-state index in [4.69, 9.17) is 0 Å². The van der Waals surface area contributed by atoms with E-state index in [0.717, 1.165) is 11.4 Å². The van der Waals surface area contributed by atoms with Gasteiger partial charge in [0.05, 0.1) is 11.0 Å². The first kappa shape index (κ1) is 24.2. The Kier molecular flexibility index (Phi) is 5.82. The van der Waals surface area contributed by atoms with E-state index in [1.165, 1.54) is 60.5 Å². The van der Waals surface area contributed by atoms with Gasteiger partial charge in [-0.05, 0) is 81.6 Å². The van der Waals surface area contributed by atoms with E-state index >= 15 is 0 Å². The molecule has 0 aliphatic rings. The highest BCUT2D eigenvalue weighted by Crippen LogP contribution is 2.33. The van der Waals surface area contributed by atoms with Crippen molar-refractivity contribution in [3.8, 4) is 27.9 Å². The second-order valence-electron chi connectivity index (χ2n) is 10.7. The maximum Gasteiger partial charge on any atom is 0.0541 e. The highest BCUT2D eigenvalue weighted by molar-refractivity contribution is 6.09. The van der Waals surface area contributed by atoms with E-state index in [9.17, 15) is 0 Å². The molecule has 0 amide bonds. The number of benzene rings is 7. The lowest BCUT2D eigenvalue weighted by Crippen LogP contribution is -1.93. The van der Waals surface area contributed by atoms with Gasteiger partial charge in [-0.1, -0.05) is 115 Å². The molecule has 42 heavy (non-hydrogen) atoms. The van der Waals surface area contributed by atoms with Crippen LogP contribution >= 0.6 is 0 Å². The molecule has 0 radical (unpaired) electrons. The molecule has 0 saturated carbocycles. The Morgan fingerprint density at radius 1 is 0.357 bits per heavy atom. The lowest BCUT2D eigenvalue weighted by molar-refractivity contribution is 1.18. The average Bonchev–Trinajstić information content (AvgIpc) is 3.40. The largest absolute Gasteiger partial charge is 0.356 e. The summed E-state index contributed by atoms with van der Waals surface area (Å²) in [4.78, 5) is 0. The Morgan fingerprint density at radius 2 is 0.833 bits per heavy atom. The molecular formula is C40H28N2. The van der Waals surface area contributed by atoms with E-state index in [-0.39, 0.29) is 0 Å². The number of nitrogens with one attached hydrogen (secondary N) is 1. The molecule has 1 heterocycles. The van der Waals surface area contributed by atoms with Crippen LogP contribution in [0.1, 0.15) is 0 Å². The minimum absolute atomic E-state index is 1.07. The van der Waals surface area contributed by atoms with Crippen LogP contribution in [-0.2, 0) is 0 Å². The summed E-state index contributed by atoms with van der Waals surface area (Å²) in [5.41, 5.74) is 10.6. The normalized spacial score (nSPS) is 11.3. The van der Waals surface area contributed by atoms with Crippen LogP contribution in [-0.4, -0.2) is 4.57 Å². The van der Waals surface area contributed by atoms with Crippen LogP contribution in [0.3, 0.4) is 0 Å². The zero-order valence-electron chi connectivity index (χ0n) is 23.0. The number of para-hydroxylation sites is 2. The van der Waals surface area contributed by atoms with E-state index in [2.05, 4.69) is 174 Å². The average molecular weight is 537 g/mol. The van der Waals surface area contributed by atoms with Gasteiger partial charge in [-0.25, -0.2) is 0 Å². The Labute approximate surface area is 245 Å². The molecule has 0 spiro atoms. The summed E-state index contributed by atoms with van der Waals surface area (Å²) >= 11 is 0. The molecule has 0 bridgehead atoms. The molecule has 2 heteroatoms. The molecule has 0 saturated heterocycles.